The van der Waals surface area contributed by atoms with Gasteiger partial charge in [-0.15, -0.1) is 5.10 Å². The highest BCUT2D eigenvalue weighted by atomic mass is 32.1. The van der Waals surface area contributed by atoms with Gasteiger partial charge in [0.1, 0.15) is 5.82 Å². The Bertz CT molecular complexity index is 607. The summed E-state index contributed by atoms with van der Waals surface area (Å²) in [5, 5.41) is 4.05. The third kappa shape index (κ3) is 2.87. The lowest BCUT2D eigenvalue weighted by Gasteiger charge is -2.22. The molecule has 20 heavy (non-hydrogen) atoms. The van der Waals surface area contributed by atoms with E-state index in [2.05, 4.69) is 31.4 Å². The van der Waals surface area contributed by atoms with Gasteiger partial charge in [0.25, 0.3) is 0 Å². The highest BCUT2D eigenvalue weighted by Crippen LogP contribution is 2.23. The van der Waals surface area contributed by atoms with E-state index in [-0.39, 0.29) is 0 Å². The molecule has 108 valence electrons. The third-order valence-electron chi connectivity index (χ3n) is 3.24. The van der Waals surface area contributed by atoms with Crippen LogP contribution < -0.4 is 9.80 Å². The molecular weight excluding hydrogens is 272 g/mol. The maximum atomic E-state index is 4.65. The molecule has 0 saturated carbocycles. The molecule has 0 spiro atoms. The van der Waals surface area contributed by atoms with Crippen LogP contribution in [0.3, 0.4) is 0 Å². The van der Waals surface area contributed by atoms with Crippen LogP contribution in [0.4, 0.5) is 11.8 Å². The van der Waals surface area contributed by atoms with E-state index in [0.717, 1.165) is 40.1 Å². The molecule has 0 amide bonds. The van der Waals surface area contributed by atoms with Crippen molar-refractivity contribution in [2.24, 2.45) is 0 Å². The maximum Gasteiger partial charge on any atom is 0.227 e. The van der Waals surface area contributed by atoms with Gasteiger partial charge in [-0.05, 0) is 32.3 Å². The quantitative estimate of drug-likeness (QED) is 0.858. The molecule has 0 aliphatic carbocycles. The Labute approximate surface area is 123 Å². The minimum atomic E-state index is 0.731. The predicted molar refractivity (Wildman–Crippen MR) is 82.6 cm³/mol. The highest BCUT2D eigenvalue weighted by molar-refractivity contribution is 7.05. The van der Waals surface area contributed by atoms with Crippen molar-refractivity contribution >= 4 is 23.3 Å². The number of rotatable bonds is 4. The van der Waals surface area contributed by atoms with Crippen LogP contribution in [-0.4, -0.2) is 40.7 Å². The summed E-state index contributed by atoms with van der Waals surface area (Å²) in [4.78, 5) is 14.3. The summed E-state index contributed by atoms with van der Waals surface area (Å²) in [5.41, 5.74) is 3.09. The summed E-state index contributed by atoms with van der Waals surface area (Å²) < 4.78 is 3.98. The molecule has 0 atom stereocenters. The SMILES string of the molecule is Cc1nnsc1CN(C)c1nc(N(C)C)nc(C)c1C. The summed E-state index contributed by atoms with van der Waals surface area (Å²) in [7, 11) is 5.93. The second kappa shape index (κ2) is 5.70. The fourth-order valence-corrected chi connectivity index (χ4v) is 2.54. The zero-order chi connectivity index (χ0) is 14.9. The van der Waals surface area contributed by atoms with Crippen molar-refractivity contribution in [2.45, 2.75) is 27.3 Å². The minimum Gasteiger partial charge on any atom is -0.354 e. The molecule has 0 aliphatic rings. The Balaban J connectivity index is 2.33. The molecule has 0 N–H and O–H groups in total. The maximum absolute atomic E-state index is 4.65. The van der Waals surface area contributed by atoms with E-state index in [1.54, 1.807) is 0 Å². The first kappa shape index (κ1) is 14.6. The highest BCUT2D eigenvalue weighted by Gasteiger charge is 2.15. The van der Waals surface area contributed by atoms with Crippen LogP contribution >= 0.6 is 11.5 Å². The Morgan fingerprint density at radius 3 is 2.25 bits per heavy atom. The Morgan fingerprint density at radius 2 is 1.70 bits per heavy atom. The van der Waals surface area contributed by atoms with Gasteiger partial charge in [0.05, 0.1) is 17.1 Å². The molecule has 2 aromatic rings. The first-order chi connectivity index (χ1) is 9.40. The second-order valence-corrected chi connectivity index (χ2v) is 5.93. The molecule has 2 heterocycles. The van der Waals surface area contributed by atoms with E-state index in [9.17, 15) is 0 Å². The van der Waals surface area contributed by atoms with Crippen molar-refractivity contribution in [3.05, 3.63) is 21.8 Å². The zero-order valence-corrected chi connectivity index (χ0v) is 13.6. The lowest BCUT2D eigenvalue weighted by molar-refractivity contribution is 0.865. The van der Waals surface area contributed by atoms with E-state index < -0.39 is 0 Å². The topological polar surface area (TPSA) is 58.0 Å². The van der Waals surface area contributed by atoms with E-state index >= 15 is 0 Å². The smallest absolute Gasteiger partial charge is 0.227 e. The van der Waals surface area contributed by atoms with Crippen LogP contribution in [-0.2, 0) is 6.54 Å². The normalized spacial score (nSPS) is 10.7. The average molecular weight is 292 g/mol. The van der Waals surface area contributed by atoms with Gasteiger partial charge in [0.15, 0.2) is 0 Å². The number of hydrogen-bond acceptors (Lipinski definition) is 7. The van der Waals surface area contributed by atoms with Gasteiger partial charge in [0.2, 0.25) is 5.95 Å². The first-order valence-corrected chi connectivity index (χ1v) is 7.19. The number of aryl methyl sites for hydroxylation is 2. The molecule has 0 aliphatic heterocycles. The van der Waals surface area contributed by atoms with Gasteiger partial charge in [-0.25, -0.2) is 4.98 Å². The van der Waals surface area contributed by atoms with Crippen LogP contribution in [0.15, 0.2) is 0 Å². The monoisotopic (exact) mass is 292 g/mol. The van der Waals surface area contributed by atoms with Crippen LogP contribution in [0.1, 0.15) is 21.8 Å². The lowest BCUT2D eigenvalue weighted by atomic mass is 10.2. The van der Waals surface area contributed by atoms with Crippen LogP contribution in [0.25, 0.3) is 0 Å². The average Bonchev–Trinajstić information content (AvgIpc) is 2.77. The number of anilines is 2. The molecule has 0 aromatic carbocycles. The second-order valence-electron chi connectivity index (χ2n) is 5.09. The van der Waals surface area contributed by atoms with Crippen molar-refractivity contribution in [3.63, 3.8) is 0 Å². The Morgan fingerprint density at radius 1 is 1.00 bits per heavy atom. The molecule has 0 saturated heterocycles. The van der Waals surface area contributed by atoms with Crippen molar-refractivity contribution in [1.29, 1.82) is 0 Å². The van der Waals surface area contributed by atoms with Gasteiger partial charge >= 0.3 is 0 Å². The molecule has 0 fully saturated rings. The molecule has 0 radical (unpaired) electrons. The number of nitrogens with zero attached hydrogens (tertiary/aromatic N) is 6. The largest absolute Gasteiger partial charge is 0.354 e. The van der Waals surface area contributed by atoms with Gasteiger partial charge in [0, 0.05) is 32.4 Å². The summed E-state index contributed by atoms with van der Waals surface area (Å²) in [5.74, 6) is 1.68. The standard InChI is InChI=1S/C13H20N6S/c1-8-9(2)14-13(18(4)5)15-12(8)19(6)7-11-10(3)16-17-20-11/h7H2,1-6H3. The number of hydrogen-bond donors (Lipinski definition) is 0. The third-order valence-corrected chi connectivity index (χ3v) is 4.05. The Kier molecular flexibility index (Phi) is 4.17. The Hall–Kier alpha value is -1.76. The number of aromatic nitrogens is 4. The van der Waals surface area contributed by atoms with Crippen LogP contribution in [0.5, 0.6) is 0 Å². The van der Waals surface area contributed by atoms with Crippen molar-refractivity contribution < 1.29 is 0 Å². The molecule has 0 bridgehead atoms. The molecule has 0 unspecified atom stereocenters. The van der Waals surface area contributed by atoms with Crippen molar-refractivity contribution in [1.82, 2.24) is 19.6 Å². The molecule has 2 rings (SSSR count). The van der Waals surface area contributed by atoms with E-state index in [0.29, 0.717) is 0 Å². The van der Waals surface area contributed by atoms with Crippen molar-refractivity contribution in [3.8, 4) is 0 Å². The fraction of sp³-hybridized carbons (Fsp3) is 0.538. The molecule has 6 nitrogen and oxygen atoms in total. The molecular formula is C13H20N6S. The van der Waals surface area contributed by atoms with E-state index in [1.807, 2.05) is 39.9 Å². The molecule has 7 heteroatoms. The van der Waals surface area contributed by atoms with Crippen LogP contribution in [0.2, 0.25) is 0 Å². The minimum absolute atomic E-state index is 0.731. The van der Waals surface area contributed by atoms with E-state index in [4.69, 9.17) is 0 Å². The molecule has 2 aromatic heterocycles. The summed E-state index contributed by atoms with van der Waals surface area (Å²) >= 11 is 1.44. The zero-order valence-electron chi connectivity index (χ0n) is 12.8. The van der Waals surface area contributed by atoms with Gasteiger partial charge in [-0.3, -0.25) is 0 Å². The van der Waals surface area contributed by atoms with Gasteiger partial charge < -0.3 is 9.80 Å². The summed E-state index contributed by atoms with van der Waals surface area (Å²) in [6, 6.07) is 0. The first-order valence-electron chi connectivity index (χ1n) is 6.41. The fourth-order valence-electron chi connectivity index (χ4n) is 1.86. The van der Waals surface area contributed by atoms with Crippen molar-refractivity contribution in [2.75, 3.05) is 30.9 Å². The lowest BCUT2D eigenvalue weighted by Crippen LogP contribution is -2.22. The van der Waals surface area contributed by atoms with E-state index in [1.165, 1.54) is 11.5 Å². The van der Waals surface area contributed by atoms with Gasteiger partial charge in [-0.1, -0.05) is 4.49 Å². The predicted octanol–water partition coefficient (Wildman–Crippen LogP) is 1.96. The van der Waals surface area contributed by atoms with Gasteiger partial charge in [-0.2, -0.15) is 4.98 Å². The summed E-state index contributed by atoms with van der Waals surface area (Å²) in [6.45, 7) is 6.81. The summed E-state index contributed by atoms with van der Waals surface area (Å²) in [6.07, 6.45) is 0. The van der Waals surface area contributed by atoms with Crippen LogP contribution in [0, 0.1) is 20.8 Å².